The number of benzene rings is 6. The van der Waals surface area contributed by atoms with E-state index in [4.69, 9.17) is 0 Å². The molecule has 8 rings (SSSR count). The van der Waals surface area contributed by atoms with Crippen LogP contribution in [0.2, 0.25) is 0 Å². The summed E-state index contributed by atoms with van der Waals surface area (Å²) in [5.41, 5.74) is 6.25. The van der Waals surface area contributed by atoms with Crippen LogP contribution in [0.3, 0.4) is 0 Å². The molecule has 0 aliphatic heterocycles. The van der Waals surface area contributed by atoms with E-state index in [1.165, 1.54) is 59.8 Å². The molecule has 0 spiro atoms. The second-order valence-electron chi connectivity index (χ2n) is 11.6. The Hall–Kier alpha value is -4.54. The molecule has 0 heterocycles. The van der Waals surface area contributed by atoms with E-state index in [2.05, 4.69) is 121 Å². The highest BCUT2D eigenvalue weighted by atomic mass is 79.9. The van der Waals surface area contributed by atoms with Gasteiger partial charge in [-0.2, -0.15) is 0 Å². The smallest absolute Gasteiger partial charge is 0.258 e. The molecule has 0 amide bonds. The number of halogens is 1. The van der Waals surface area contributed by atoms with E-state index in [9.17, 15) is 10.1 Å². The normalized spacial score (nSPS) is 14.7. The minimum absolute atomic E-state index is 0.111. The number of allylic oxidation sites excluding steroid dienone is 2. The van der Waals surface area contributed by atoms with E-state index in [1.807, 2.05) is 6.07 Å². The molecule has 2 aliphatic carbocycles. The lowest BCUT2D eigenvalue weighted by Gasteiger charge is -2.29. The summed E-state index contributed by atoms with van der Waals surface area (Å²) >= 11 is 3.51. The summed E-state index contributed by atoms with van der Waals surface area (Å²) in [6.45, 7) is 4.43. The Kier molecular flexibility index (Phi) is 5.02. The van der Waals surface area contributed by atoms with Crippen molar-refractivity contribution in [2.45, 2.75) is 19.3 Å². The lowest BCUT2D eigenvalue weighted by Crippen LogP contribution is -2.31. The topological polar surface area (TPSA) is 43.1 Å². The zero-order valence-corrected chi connectivity index (χ0v) is 24.1. The minimum Gasteiger partial charge on any atom is -0.258 e. The van der Waals surface area contributed by atoms with Crippen molar-refractivity contribution in [3.05, 3.63) is 139 Å². The maximum atomic E-state index is 11.9. The van der Waals surface area contributed by atoms with Gasteiger partial charge in [0.25, 0.3) is 5.69 Å². The van der Waals surface area contributed by atoms with Crippen LogP contribution < -0.4 is 10.4 Å². The van der Waals surface area contributed by atoms with E-state index >= 15 is 0 Å². The van der Waals surface area contributed by atoms with Crippen molar-refractivity contribution < 1.29 is 4.92 Å². The first kappa shape index (κ1) is 24.3. The first-order chi connectivity index (χ1) is 19.8. The van der Waals surface area contributed by atoms with Crippen molar-refractivity contribution in [3.8, 4) is 11.1 Å². The molecule has 0 fully saturated rings. The van der Waals surface area contributed by atoms with E-state index in [1.54, 1.807) is 12.1 Å². The fourth-order valence-corrected chi connectivity index (χ4v) is 7.42. The van der Waals surface area contributed by atoms with Crippen LogP contribution in [-0.4, -0.2) is 4.92 Å². The lowest BCUT2D eigenvalue weighted by molar-refractivity contribution is -0.385. The summed E-state index contributed by atoms with van der Waals surface area (Å²) in [7, 11) is 0. The van der Waals surface area contributed by atoms with Gasteiger partial charge in [-0.1, -0.05) is 96.5 Å². The van der Waals surface area contributed by atoms with E-state index in [0.29, 0.717) is 5.56 Å². The van der Waals surface area contributed by atoms with Gasteiger partial charge < -0.3 is 0 Å². The highest BCUT2D eigenvalue weighted by Crippen LogP contribution is 2.43. The zero-order chi connectivity index (χ0) is 28.0. The number of rotatable bonds is 2. The highest BCUT2D eigenvalue weighted by Gasteiger charge is 2.31. The van der Waals surface area contributed by atoms with Crippen LogP contribution in [0.15, 0.2) is 102 Å². The van der Waals surface area contributed by atoms with Crippen molar-refractivity contribution in [1.82, 2.24) is 0 Å². The van der Waals surface area contributed by atoms with Gasteiger partial charge in [-0.3, -0.25) is 10.1 Å². The molecular weight excluding hydrogens is 570 g/mol. The summed E-state index contributed by atoms with van der Waals surface area (Å²) in [4.78, 5) is 11.6. The zero-order valence-electron chi connectivity index (χ0n) is 22.5. The Labute approximate surface area is 245 Å². The van der Waals surface area contributed by atoms with Crippen molar-refractivity contribution in [2.75, 3.05) is 0 Å². The molecule has 6 aromatic carbocycles. The Morgan fingerprint density at radius 2 is 1.29 bits per heavy atom. The Morgan fingerprint density at radius 3 is 1.95 bits per heavy atom. The second kappa shape index (κ2) is 8.48. The maximum absolute atomic E-state index is 11.9. The molecule has 0 bridgehead atoms. The highest BCUT2D eigenvalue weighted by molar-refractivity contribution is 9.10. The maximum Gasteiger partial charge on any atom is 0.277 e. The fourth-order valence-electron chi connectivity index (χ4n) is 7.06. The fraction of sp³-hybridized carbons (Fsp3) is 0.0811. The van der Waals surface area contributed by atoms with Crippen LogP contribution in [0.1, 0.15) is 30.5 Å². The van der Waals surface area contributed by atoms with Crippen molar-refractivity contribution >= 4 is 71.7 Å². The van der Waals surface area contributed by atoms with E-state index in [-0.39, 0.29) is 16.0 Å². The number of fused-ring (bicyclic) bond motifs is 11. The Morgan fingerprint density at radius 1 is 0.683 bits per heavy atom. The average Bonchev–Trinajstić information content (AvgIpc) is 3.33. The molecular formula is C37H24BrNO2. The van der Waals surface area contributed by atoms with E-state index in [0.717, 1.165) is 15.3 Å². The molecule has 0 aromatic heterocycles. The van der Waals surface area contributed by atoms with Gasteiger partial charge in [0.05, 0.1) is 10.5 Å². The summed E-state index contributed by atoms with van der Waals surface area (Å²) in [5, 5.41) is 21.8. The summed E-state index contributed by atoms with van der Waals surface area (Å²) < 4.78 is 0.820. The third kappa shape index (κ3) is 3.50. The molecule has 2 aliphatic rings. The van der Waals surface area contributed by atoms with Gasteiger partial charge >= 0.3 is 0 Å². The Bertz CT molecular complexity index is 2330. The summed E-state index contributed by atoms with van der Waals surface area (Å²) in [6, 6.07) is 31.6. The number of nitro groups is 1. The Balaban J connectivity index is 1.42. The molecule has 0 atom stereocenters. The summed E-state index contributed by atoms with van der Waals surface area (Å²) in [6.07, 6.45) is 6.60. The van der Waals surface area contributed by atoms with Crippen LogP contribution in [-0.2, 0) is 5.41 Å². The van der Waals surface area contributed by atoms with Crippen LogP contribution in [0.25, 0.3) is 61.2 Å². The van der Waals surface area contributed by atoms with Crippen LogP contribution in [0.4, 0.5) is 5.69 Å². The largest absolute Gasteiger partial charge is 0.277 e. The average molecular weight is 595 g/mol. The van der Waals surface area contributed by atoms with Gasteiger partial charge in [-0.05, 0) is 107 Å². The molecule has 0 radical (unpaired) electrons. The molecule has 0 saturated heterocycles. The standard InChI is InChI=1S/C37H24BrNO2/c1-37(2)20-24(30-18-25(38)13-14-34(30)39(40)41)16-22-12-11-21-15-23-17-32-28-9-5-3-7-26(28)27-8-4-6-10-29(27)33(32)19-31(23)35(21)36(22)37/h3-20H,1-2H3. The predicted molar refractivity (Wildman–Crippen MR) is 173 cm³/mol. The predicted octanol–water partition coefficient (Wildman–Crippen LogP) is 8.78. The van der Waals surface area contributed by atoms with Crippen molar-refractivity contribution in [1.29, 1.82) is 0 Å². The van der Waals surface area contributed by atoms with Crippen LogP contribution in [0, 0.1) is 10.1 Å². The van der Waals surface area contributed by atoms with Gasteiger partial charge in [0.15, 0.2) is 0 Å². The number of hydrogen-bond acceptors (Lipinski definition) is 2. The first-order valence-electron chi connectivity index (χ1n) is 13.7. The van der Waals surface area contributed by atoms with E-state index < -0.39 is 0 Å². The van der Waals surface area contributed by atoms with Crippen LogP contribution >= 0.6 is 15.9 Å². The molecule has 0 N–H and O–H groups in total. The molecule has 4 heteroatoms. The minimum atomic E-state index is -0.350. The number of nitro benzene ring substituents is 1. The van der Waals surface area contributed by atoms with Gasteiger partial charge in [-0.15, -0.1) is 0 Å². The van der Waals surface area contributed by atoms with Gasteiger partial charge in [-0.25, -0.2) is 0 Å². The molecule has 196 valence electrons. The molecule has 6 aromatic rings. The van der Waals surface area contributed by atoms with Crippen molar-refractivity contribution in [2.24, 2.45) is 0 Å². The van der Waals surface area contributed by atoms with Gasteiger partial charge in [0.1, 0.15) is 0 Å². The number of hydrogen-bond donors (Lipinski definition) is 0. The monoisotopic (exact) mass is 593 g/mol. The van der Waals surface area contributed by atoms with Gasteiger partial charge in [0, 0.05) is 16.0 Å². The molecule has 0 saturated carbocycles. The quantitative estimate of drug-likeness (QED) is 0.114. The third-order valence-electron chi connectivity index (χ3n) is 8.70. The SMILES string of the molecule is CC1(C)C=C(c2cc(Br)ccc2[N+](=O)[O-])C=c2ccc3c(c21)-c1cc2c4ccccc4c4ccccc4c2cc1C=3. The van der Waals surface area contributed by atoms with Crippen LogP contribution in [0.5, 0.6) is 0 Å². The number of nitrogens with zero attached hydrogens (tertiary/aromatic N) is 1. The van der Waals surface area contributed by atoms with Gasteiger partial charge in [0.2, 0.25) is 0 Å². The second-order valence-corrected chi connectivity index (χ2v) is 12.5. The first-order valence-corrected chi connectivity index (χ1v) is 14.5. The molecule has 41 heavy (non-hydrogen) atoms. The molecule has 0 unspecified atom stereocenters. The third-order valence-corrected chi connectivity index (χ3v) is 9.20. The lowest BCUT2D eigenvalue weighted by atomic mass is 9.74. The van der Waals surface area contributed by atoms with Crippen molar-refractivity contribution in [3.63, 3.8) is 0 Å². The summed E-state index contributed by atoms with van der Waals surface area (Å²) in [5.74, 6) is 0. The molecule has 3 nitrogen and oxygen atoms in total.